The maximum atomic E-state index is 13.3. The summed E-state index contributed by atoms with van der Waals surface area (Å²) in [7, 11) is 0. The van der Waals surface area contributed by atoms with Crippen molar-refractivity contribution in [1.29, 1.82) is 0 Å². The highest BCUT2D eigenvalue weighted by molar-refractivity contribution is 6.30. The summed E-state index contributed by atoms with van der Waals surface area (Å²) in [5.74, 6) is -0.326. The van der Waals surface area contributed by atoms with E-state index >= 15 is 0 Å². The molecule has 0 aliphatic heterocycles. The molecule has 0 radical (unpaired) electrons. The van der Waals surface area contributed by atoms with Crippen LogP contribution in [0, 0.1) is 5.82 Å². The van der Waals surface area contributed by atoms with Gasteiger partial charge in [-0.05, 0) is 12.1 Å². The quantitative estimate of drug-likeness (QED) is 0.762. The van der Waals surface area contributed by atoms with Crippen LogP contribution in [0.15, 0.2) is 30.9 Å². The molecule has 0 N–H and O–H groups in total. The molecule has 0 amide bonds. The highest BCUT2D eigenvalue weighted by Crippen LogP contribution is 2.14. The van der Waals surface area contributed by atoms with Crippen molar-refractivity contribution in [3.05, 3.63) is 47.3 Å². The molecule has 0 bridgehead atoms. The molecule has 2 rings (SSSR count). The van der Waals surface area contributed by atoms with Gasteiger partial charge in [0.25, 0.3) is 0 Å². The van der Waals surface area contributed by atoms with Crippen LogP contribution in [0.2, 0.25) is 5.02 Å². The van der Waals surface area contributed by atoms with Gasteiger partial charge in [0.2, 0.25) is 0 Å². The van der Waals surface area contributed by atoms with Crippen molar-refractivity contribution in [2.45, 2.75) is 6.54 Å². The summed E-state index contributed by atoms with van der Waals surface area (Å²) in [5, 5.41) is 4.27. The zero-order chi connectivity index (χ0) is 9.97. The zero-order valence-corrected chi connectivity index (χ0v) is 7.95. The Morgan fingerprint density at radius 2 is 2.29 bits per heavy atom. The van der Waals surface area contributed by atoms with Gasteiger partial charge in [0.1, 0.15) is 18.5 Å². The van der Waals surface area contributed by atoms with E-state index < -0.39 is 0 Å². The second kappa shape index (κ2) is 3.75. The monoisotopic (exact) mass is 211 g/mol. The van der Waals surface area contributed by atoms with E-state index in [-0.39, 0.29) is 5.82 Å². The number of hydrogen-bond acceptors (Lipinski definition) is 2. The summed E-state index contributed by atoms with van der Waals surface area (Å²) < 4.78 is 14.8. The van der Waals surface area contributed by atoms with Crippen LogP contribution >= 0.6 is 11.6 Å². The first-order valence-corrected chi connectivity index (χ1v) is 4.40. The van der Waals surface area contributed by atoms with Crippen molar-refractivity contribution in [2.75, 3.05) is 0 Å². The molecule has 0 atom stereocenters. The van der Waals surface area contributed by atoms with Gasteiger partial charge >= 0.3 is 0 Å². The molecule has 1 heterocycles. The first-order valence-electron chi connectivity index (χ1n) is 4.02. The summed E-state index contributed by atoms with van der Waals surface area (Å²) in [6, 6.07) is 4.57. The molecular formula is C9H7ClFN3. The molecule has 5 heteroatoms. The number of nitrogens with zero attached hydrogens (tertiary/aromatic N) is 3. The van der Waals surface area contributed by atoms with Crippen LogP contribution in [0.1, 0.15) is 5.56 Å². The maximum absolute atomic E-state index is 13.3. The summed E-state index contributed by atoms with van der Waals surface area (Å²) in [6.45, 7) is 0.364. The molecule has 72 valence electrons. The highest BCUT2D eigenvalue weighted by atomic mass is 35.5. The first kappa shape index (κ1) is 9.15. The van der Waals surface area contributed by atoms with E-state index in [0.717, 1.165) is 0 Å². The van der Waals surface area contributed by atoms with Crippen LogP contribution in [0.3, 0.4) is 0 Å². The Morgan fingerprint density at radius 3 is 2.93 bits per heavy atom. The third-order valence-electron chi connectivity index (χ3n) is 1.81. The molecule has 2 aromatic rings. The van der Waals surface area contributed by atoms with Gasteiger partial charge in [-0.25, -0.2) is 14.1 Å². The second-order valence-electron chi connectivity index (χ2n) is 2.83. The van der Waals surface area contributed by atoms with Gasteiger partial charge in [-0.3, -0.25) is 0 Å². The second-order valence-corrected chi connectivity index (χ2v) is 3.27. The molecule has 1 aromatic heterocycles. The standard InChI is InChI=1S/C9H7ClFN3/c10-8-2-1-7(9(11)3-8)4-14-6-12-5-13-14/h1-3,5-6H,4H2. The van der Waals surface area contributed by atoms with Crippen LogP contribution in [0.4, 0.5) is 4.39 Å². The fourth-order valence-electron chi connectivity index (χ4n) is 1.14. The lowest BCUT2D eigenvalue weighted by molar-refractivity contribution is 0.585. The smallest absolute Gasteiger partial charge is 0.137 e. The Labute approximate surface area is 85.1 Å². The van der Waals surface area contributed by atoms with Crippen molar-refractivity contribution in [3.8, 4) is 0 Å². The summed E-state index contributed by atoms with van der Waals surface area (Å²) in [6.07, 6.45) is 2.95. The van der Waals surface area contributed by atoms with E-state index in [2.05, 4.69) is 10.1 Å². The lowest BCUT2D eigenvalue weighted by Gasteiger charge is -2.02. The lowest BCUT2D eigenvalue weighted by Crippen LogP contribution is -2.02. The van der Waals surface area contributed by atoms with Crippen molar-refractivity contribution in [2.24, 2.45) is 0 Å². The van der Waals surface area contributed by atoms with Gasteiger partial charge in [-0.1, -0.05) is 17.7 Å². The predicted octanol–water partition coefficient (Wildman–Crippen LogP) is 2.12. The van der Waals surface area contributed by atoms with Crippen LogP contribution < -0.4 is 0 Å². The number of hydrogen-bond donors (Lipinski definition) is 0. The molecule has 0 aliphatic rings. The van der Waals surface area contributed by atoms with Crippen LogP contribution in [-0.4, -0.2) is 14.8 Å². The molecule has 0 spiro atoms. The Balaban J connectivity index is 2.25. The Hall–Kier alpha value is -1.42. The van der Waals surface area contributed by atoms with Gasteiger partial charge in [0, 0.05) is 10.6 Å². The SMILES string of the molecule is Fc1cc(Cl)ccc1Cn1cncn1. The van der Waals surface area contributed by atoms with E-state index in [9.17, 15) is 4.39 Å². The van der Waals surface area contributed by atoms with E-state index in [1.165, 1.54) is 18.7 Å². The molecule has 0 aliphatic carbocycles. The minimum absolute atomic E-state index is 0.326. The van der Waals surface area contributed by atoms with Crippen molar-refractivity contribution in [3.63, 3.8) is 0 Å². The summed E-state index contributed by atoms with van der Waals surface area (Å²) in [4.78, 5) is 3.77. The molecule has 0 saturated carbocycles. The molecular weight excluding hydrogens is 205 g/mol. The zero-order valence-electron chi connectivity index (χ0n) is 7.19. The van der Waals surface area contributed by atoms with Gasteiger partial charge in [-0.15, -0.1) is 0 Å². The third kappa shape index (κ3) is 1.90. The highest BCUT2D eigenvalue weighted by Gasteiger charge is 2.03. The van der Waals surface area contributed by atoms with E-state index in [4.69, 9.17) is 11.6 Å². The topological polar surface area (TPSA) is 30.7 Å². The normalized spacial score (nSPS) is 10.4. The molecule has 14 heavy (non-hydrogen) atoms. The number of rotatable bonds is 2. The lowest BCUT2D eigenvalue weighted by atomic mass is 10.2. The third-order valence-corrected chi connectivity index (χ3v) is 2.05. The van der Waals surface area contributed by atoms with Crippen LogP contribution in [-0.2, 0) is 6.54 Å². The molecule has 3 nitrogen and oxygen atoms in total. The minimum atomic E-state index is -0.326. The average molecular weight is 212 g/mol. The summed E-state index contributed by atoms with van der Waals surface area (Å²) in [5.41, 5.74) is 0.542. The van der Waals surface area contributed by atoms with Crippen LogP contribution in [0.25, 0.3) is 0 Å². The van der Waals surface area contributed by atoms with Gasteiger partial charge in [0.15, 0.2) is 0 Å². The summed E-state index contributed by atoms with van der Waals surface area (Å²) >= 11 is 5.62. The van der Waals surface area contributed by atoms with Gasteiger partial charge in [-0.2, -0.15) is 5.10 Å². The number of halogens is 2. The molecule has 0 saturated heterocycles. The Kier molecular flexibility index (Phi) is 2.45. The predicted molar refractivity (Wildman–Crippen MR) is 50.5 cm³/mol. The van der Waals surface area contributed by atoms with Gasteiger partial charge < -0.3 is 0 Å². The maximum Gasteiger partial charge on any atom is 0.137 e. The molecule has 1 aromatic carbocycles. The first-order chi connectivity index (χ1) is 6.75. The van der Waals surface area contributed by atoms with E-state index in [1.54, 1.807) is 16.8 Å². The fourth-order valence-corrected chi connectivity index (χ4v) is 1.30. The average Bonchev–Trinajstić information content (AvgIpc) is 2.62. The largest absolute Gasteiger partial charge is 0.248 e. The van der Waals surface area contributed by atoms with Gasteiger partial charge in [0.05, 0.1) is 6.54 Å². The fraction of sp³-hybridized carbons (Fsp3) is 0.111. The van der Waals surface area contributed by atoms with E-state index in [0.29, 0.717) is 17.1 Å². The minimum Gasteiger partial charge on any atom is -0.248 e. The molecule has 0 fully saturated rings. The Morgan fingerprint density at radius 1 is 1.43 bits per heavy atom. The molecule has 0 unspecified atom stereocenters. The van der Waals surface area contributed by atoms with Crippen molar-refractivity contribution >= 4 is 11.6 Å². The van der Waals surface area contributed by atoms with Crippen LogP contribution in [0.5, 0.6) is 0 Å². The van der Waals surface area contributed by atoms with E-state index in [1.807, 2.05) is 0 Å². The van der Waals surface area contributed by atoms with Crippen molar-refractivity contribution < 1.29 is 4.39 Å². The Bertz CT molecular complexity index is 428. The number of aromatic nitrogens is 3. The van der Waals surface area contributed by atoms with Crippen molar-refractivity contribution in [1.82, 2.24) is 14.8 Å². The number of benzene rings is 1.